The van der Waals surface area contributed by atoms with Crippen molar-refractivity contribution < 1.29 is 22.6 Å². The van der Waals surface area contributed by atoms with E-state index in [9.17, 15) is 18.4 Å². The van der Waals surface area contributed by atoms with Crippen molar-refractivity contribution in [3.63, 3.8) is 0 Å². The summed E-state index contributed by atoms with van der Waals surface area (Å²) in [6.07, 6.45) is 7.97. The van der Waals surface area contributed by atoms with E-state index in [0.29, 0.717) is 31.6 Å². The number of likely N-dealkylation sites (tertiary alicyclic amines) is 1. The third-order valence-corrected chi connectivity index (χ3v) is 8.53. The molecule has 1 saturated heterocycles. The summed E-state index contributed by atoms with van der Waals surface area (Å²) in [4.78, 5) is 18.0. The minimum atomic E-state index is -4.57. The molecule has 3 atom stereocenters. The van der Waals surface area contributed by atoms with E-state index in [0.717, 1.165) is 47.9 Å². The number of alkyl halides is 3. The molecule has 4 aromatic heterocycles. The number of hydrogen-bond donors (Lipinski definition) is 2. The molecule has 11 nitrogen and oxygen atoms in total. The van der Waals surface area contributed by atoms with E-state index in [1.54, 1.807) is 19.4 Å². The first kappa shape index (κ1) is 30.7. The third-order valence-electron chi connectivity index (χ3n) is 8.53. The number of hydrogen-bond acceptors (Lipinski definition) is 9. The zero-order valence-corrected chi connectivity index (χ0v) is 24.7. The molecule has 0 spiro atoms. The number of aromatic amines is 1. The van der Waals surface area contributed by atoms with E-state index < -0.39 is 11.9 Å². The number of nitrogens with one attached hydrogen (secondary N) is 2. The van der Waals surface area contributed by atoms with Crippen molar-refractivity contribution in [1.82, 2.24) is 39.9 Å². The minimum Gasteiger partial charge on any atom is -0.474 e. The molecule has 1 aliphatic carbocycles. The Morgan fingerprint density at radius 2 is 2.04 bits per heavy atom. The molecule has 14 heteroatoms. The molecular formula is C31H34F3N9O2. The second-order valence-corrected chi connectivity index (χ2v) is 11.3. The van der Waals surface area contributed by atoms with Crippen molar-refractivity contribution in [2.24, 2.45) is 5.92 Å². The number of methoxy groups -OCH3 is 1. The molecule has 4 aromatic rings. The zero-order valence-electron chi connectivity index (χ0n) is 24.7. The van der Waals surface area contributed by atoms with Crippen LogP contribution < -0.4 is 10.1 Å². The van der Waals surface area contributed by atoms with Crippen LogP contribution in [0.5, 0.6) is 5.88 Å². The quantitative estimate of drug-likeness (QED) is 0.183. The highest BCUT2D eigenvalue weighted by molar-refractivity contribution is 5.89. The molecule has 2 aliphatic rings. The SMILES string of the molecule is COCCNCc1cc(OC2CCN(C3CC(n4cc(-c5ncnc6[nH]ccc56)cn4)C3C=CC#N)CC2)nc(C(F)(F)F)c1. The smallest absolute Gasteiger partial charge is 0.433 e. The first-order valence-corrected chi connectivity index (χ1v) is 14.9. The average Bonchev–Trinajstić information content (AvgIpc) is 3.70. The number of fused-ring (bicyclic) bond motifs is 1. The molecule has 5 heterocycles. The Morgan fingerprint density at radius 3 is 2.82 bits per heavy atom. The van der Waals surface area contributed by atoms with Crippen LogP contribution in [0.25, 0.3) is 22.3 Å². The first-order chi connectivity index (χ1) is 21.8. The van der Waals surface area contributed by atoms with E-state index >= 15 is 0 Å². The Hall–Kier alpha value is -4.32. The minimum absolute atomic E-state index is 0.0135. The fourth-order valence-corrected chi connectivity index (χ4v) is 6.22. The normalized spacial score (nSPS) is 21.3. The van der Waals surface area contributed by atoms with Gasteiger partial charge in [0.15, 0.2) is 0 Å². The number of nitriles is 1. The van der Waals surface area contributed by atoms with E-state index in [-0.39, 0.29) is 36.5 Å². The molecule has 1 aliphatic heterocycles. The second-order valence-electron chi connectivity index (χ2n) is 11.3. The topological polar surface area (TPSA) is 130 Å². The van der Waals surface area contributed by atoms with Crippen molar-refractivity contribution in [1.29, 1.82) is 5.26 Å². The number of ether oxygens (including phenoxy) is 2. The summed E-state index contributed by atoms with van der Waals surface area (Å²) in [5.41, 5.74) is 1.95. The molecule has 0 amide bonds. The van der Waals surface area contributed by atoms with Crippen LogP contribution in [0.1, 0.15) is 36.6 Å². The number of rotatable bonds is 11. The molecular weight excluding hydrogens is 587 g/mol. The Bertz CT molecular complexity index is 1670. The monoisotopic (exact) mass is 621 g/mol. The van der Waals surface area contributed by atoms with Crippen molar-refractivity contribution in [3.8, 4) is 23.2 Å². The van der Waals surface area contributed by atoms with Gasteiger partial charge in [0, 0.05) is 80.7 Å². The maximum absolute atomic E-state index is 13.6. The predicted octanol–water partition coefficient (Wildman–Crippen LogP) is 4.52. The fraction of sp³-hybridized carbons (Fsp3) is 0.452. The Balaban J connectivity index is 1.09. The van der Waals surface area contributed by atoms with Gasteiger partial charge in [-0.05, 0) is 37.0 Å². The van der Waals surface area contributed by atoms with Crippen LogP contribution in [0.15, 0.2) is 55.3 Å². The van der Waals surface area contributed by atoms with E-state index in [1.807, 2.05) is 29.2 Å². The van der Waals surface area contributed by atoms with E-state index in [2.05, 4.69) is 41.3 Å². The van der Waals surface area contributed by atoms with Crippen molar-refractivity contribution in [2.45, 2.75) is 50.2 Å². The standard InChI is InChI=1S/C31H34F3N9O2/c1-44-12-9-36-16-20-13-27(31(32,33)34)41-28(14-20)45-22-5-10-42(11-6-22)25-15-26(23(25)3-2-7-35)43-18-21(17-40-43)29-24-4-8-37-30(24)39-19-38-29/h2-4,8,13-14,17-19,22-23,25-26,36H,5-6,9-12,15-16H2,1H3,(H,37,38,39). The maximum atomic E-state index is 13.6. The molecule has 2 N–H and O–H groups in total. The van der Waals surface area contributed by atoms with Crippen LogP contribution >= 0.6 is 0 Å². The Morgan fingerprint density at radius 1 is 1.20 bits per heavy atom. The van der Waals surface area contributed by atoms with Crippen LogP contribution in [-0.4, -0.2) is 80.1 Å². The largest absolute Gasteiger partial charge is 0.474 e. The lowest BCUT2D eigenvalue weighted by Crippen LogP contribution is -2.55. The van der Waals surface area contributed by atoms with Gasteiger partial charge in [-0.2, -0.15) is 23.5 Å². The van der Waals surface area contributed by atoms with Gasteiger partial charge in [-0.1, -0.05) is 6.08 Å². The summed E-state index contributed by atoms with van der Waals surface area (Å²) in [5, 5.41) is 17.9. The number of nitrogens with zero attached hydrogens (tertiary/aromatic N) is 7. The van der Waals surface area contributed by atoms with Crippen LogP contribution in [0.2, 0.25) is 0 Å². The van der Waals surface area contributed by atoms with Gasteiger partial charge in [-0.25, -0.2) is 15.0 Å². The number of halogens is 3. The van der Waals surface area contributed by atoms with Gasteiger partial charge in [0.2, 0.25) is 5.88 Å². The lowest BCUT2D eigenvalue weighted by molar-refractivity contribution is -0.141. The zero-order chi connectivity index (χ0) is 31.4. The van der Waals surface area contributed by atoms with Gasteiger partial charge < -0.3 is 19.8 Å². The molecule has 45 heavy (non-hydrogen) atoms. The third kappa shape index (κ3) is 6.85. The highest BCUT2D eigenvalue weighted by atomic mass is 19.4. The average molecular weight is 622 g/mol. The number of pyridine rings is 1. The molecule has 0 radical (unpaired) electrons. The van der Waals surface area contributed by atoms with Gasteiger partial charge in [0.25, 0.3) is 0 Å². The van der Waals surface area contributed by atoms with Crippen LogP contribution in [0.4, 0.5) is 13.2 Å². The summed E-state index contributed by atoms with van der Waals surface area (Å²) in [6.45, 7) is 2.66. The Kier molecular flexibility index (Phi) is 9.11. The van der Waals surface area contributed by atoms with Crippen molar-refractivity contribution >= 4 is 11.0 Å². The van der Waals surface area contributed by atoms with Crippen molar-refractivity contribution in [3.05, 3.63) is 66.5 Å². The van der Waals surface area contributed by atoms with Gasteiger partial charge >= 0.3 is 6.18 Å². The van der Waals surface area contributed by atoms with Crippen molar-refractivity contribution in [2.75, 3.05) is 33.4 Å². The molecule has 236 valence electrons. The summed E-state index contributed by atoms with van der Waals surface area (Å²) < 4.78 is 53.7. The van der Waals surface area contributed by atoms with Gasteiger partial charge in [-0.3, -0.25) is 9.58 Å². The summed E-state index contributed by atoms with van der Waals surface area (Å²) in [5.74, 6) is 0.0614. The van der Waals surface area contributed by atoms with Gasteiger partial charge in [0.05, 0.1) is 30.6 Å². The maximum Gasteiger partial charge on any atom is 0.433 e. The molecule has 0 aromatic carbocycles. The lowest BCUT2D eigenvalue weighted by atomic mass is 9.72. The predicted molar refractivity (Wildman–Crippen MR) is 159 cm³/mol. The van der Waals surface area contributed by atoms with Gasteiger partial charge in [0.1, 0.15) is 23.8 Å². The molecule has 3 unspecified atom stereocenters. The highest BCUT2D eigenvalue weighted by Crippen LogP contribution is 2.44. The molecule has 2 fully saturated rings. The molecule has 6 rings (SSSR count). The Labute approximate surface area is 258 Å². The summed E-state index contributed by atoms with van der Waals surface area (Å²) in [7, 11) is 1.57. The van der Waals surface area contributed by atoms with Crippen LogP contribution in [0, 0.1) is 17.2 Å². The first-order valence-electron chi connectivity index (χ1n) is 14.9. The van der Waals surface area contributed by atoms with Crippen LogP contribution in [0.3, 0.4) is 0 Å². The summed E-state index contributed by atoms with van der Waals surface area (Å²) in [6, 6.07) is 6.97. The van der Waals surface area contributed by atoms with Crippen LogP contribution in [-0.2, 0) is 17.5 Å². The van der Waals surface area contributed by atoms with E-state index in [1.165, 1.54) is 12.4 Å². The van der Waals surface area contributed by atoms with E-state index in [4.69, 9.17) is 9.47 Å². The molecule has 1 saturated carbocycles. The number of piperidine rings is 1. The number of H-pyrrole nitrogens is 1. The molecule has 0 bridgehead atoms. The second kappa shape index (κ2) is 13.4. The lowest BCUT2D eigenvalue weighted by Gasteiger charge is -2.50. The fourth-order valence-electron chi connectivity index (χ4n) is 6.22. The highest BCUT2D eigenvalue weighted by Gasteiger charge is 2.45. The summed E-state index contributed by atoms with van der Waals surface area (Å²) >= 11 is 0. The van der Waals surface area contributed by atoms with Gasteiger partial charge in [-0.15, -0.1) is 0 Å². The number of aromatic nitrogens is 6. The number of allylic oxidation sites excluding steroid dienone is 1.